The Morgan fingerprint density at radius 3 is 2.33 bits per heavy atom. The number of hydrazone groups is 1. The predicted molar refractivity (Wildman–Crippen MR) is 129 cm³/mol. The van der Waals surface area contributed by atoms with E-state index in [4.69, 9.17) is 4.74 Å². The molecule has 3 aromatic rings. The highest BCUT2D eigenvalue weighted by Crippen LogP contribution is 2.19. The van der Waals surface area contributed by atoms with Crippen molar-refractivity contribution in [3.63, 3.8) is 0 Å². The van der Waals surface area contributed by atoms with Gasteiger partial charge >= 0.3 is 5.97 Å². The molecule has 0 bridgehead atoms. The Morgan fingerprint density at radius 1 is 0.909 bits per heavy atom. The molecule has 2 N–H and O–H groups in total. The van der Waals surface area contributed by atoms with Gasteiger partial charge in [-0.25, -0.2) is 10.2 Å². The summed E-state index contributed by atoms with van der Waals surface area (Å²) in [6.45, 7) is 0.393. The van der Waals surface area contributed by atoms with E-state index in [9.17, 15) is 14.4 Å². The van der Waals surface area contributed by atoms with Gasteiger partial charge in [0.1, 0.15) is 5.75 Å². The van der Waals surface area contributed by atoms with Crippen molar-refractivity contribution >= 4 is 39.9 Å². The Balaban J connectivity index is 1.37. The number of nitrogens with one attached hydrogen (secondary N) is 2. The fourth-order valence-electron chi connectivity index (χ4n) is 2.79. The largest absolute Gasteiger partial charge is 0.423 e. The van der Waals surface area contributed by atoms with Gasteiger partial charge in [-0.2, -0.15) is 5.10 Å². The fraction of sp³-hybridized carbons (Fsp3) is 0.120. The summed E-state index contributed by atoms with van der Waals surface area (Å²) in [6, 6.07) is 22.7. The van der Waals surface area contributed by atoms with Gasteiger partial charge in [0, 0.05) is 23.0 Å². The van der Waals surface area contributed by atoms with E-state index in [1.807, 2.05) is 12.1 Å². The van der Waals surface area contributed by atoms with Gasteiger partial charge in [0.15, 0.2) is 0 Å². The maximum absolute atomic E-state index is 12.2. The number of rotatable bonds is 9. The van der Waals surface area contributed by atoms with Crippen LogP contribution in [-0.4, -0.2) is 30.5 Å². The third kappa shape index (κ3) is 7.69. The SMILES string of the molecule is O=C(CCCNC(=O)c1ccccc1)NN=Cc1ccc(OC(=O)c2ccccc2Br)cc1. The van der Waals surface area contributed by atoms with E-state index >= 15 is 0 Å². The Bertz CT molecular complexity index is 1130. The molecule has 0 spiro atoms. The van der Waals surface area contributed by atoms with Gasteiger partial charge in [-0.15, -0.1) is 0 Å². The van der Waals surface area contributed by atoms with Crippen molar-refractivity contribution in [2.75, 3.05) is 6.54 Å². The molecule has 0 aliphatic carbocycles. The van der Waals surface area contributed by atoms with Crippen LogP contribution in [0.4, 0.5) is 0 Å². The van der Waals surface area contributed by atoms with Crippen LogP contribution < -0.4 is 15.5 Å². The first-order valence-corrected chi connectivity index (χ1v) is 11.0. The molecule has 0 saturated carbocycles. The topological polar surface area (TPSA) is 96.9 Å². The van der Waals surface area contributed by atoms with Crippen LogP contribution in [0, 0.1) is 0 Å². The Morgan fingerprint density at radius 2 is 1.61 bits per heavy atom. The Kier molecular flexibility index (Phi) is 8.90. The van der Waals surface area contributed by atoms with Crippen molar-refractivity contribution in [2.24, 2.45) is 5.10 Å². The predicted octanol–water partition coefficient (Wildman–Crippen LogP) is 4.33. The highest BCUT2D eigenvalue weighted by Gasteiger charge is 2.11. The van der Waals surface area contributed by atoms with E-state index in [1.165, 1.54) is 6.21 Å². The number of amides is 2. The molecule has 0 saturated heterocycles. The molecule has 0 aromatic heterocycles. The van der Waals surface area contributed by atoms with E-state index < -0.39 is 5.97 Å². The monoisotopic (exact) mass is 507 g/mol. The fourth-order valence-corrected chi connectivity index (χ4v) is 3.23. The second-order valence-corrected chi connectivity index (χ2v) is 7.81. The molecule has 7 nitrogen and oxygen atoms in total. The molecular weight excluding hydrogens is 486 g/mol. The summed E-state index contributed by atoms with van der Waals surface area (Å²) in [5.41, 5.74) is 4.20. The first-order valence-electron chi connectivity index (χ1n) is 10.2. The maximum atomic E-state index is 12.2. The summed E-state index contributed by atoms with van der Waals surface area (Å²) in [6.07, 6.45) is 2.22. The van der Waals surface area contributed by atoms with Crippen molar-refractivity contribution in [1.29, 1.82) is 0 Å². The molecule has 0 atom stereocenters. The molecule has 0 fully saturated rings. The van der Waals surface area contributed by atoms with Gasteiger partial charge in [-0.3, -0.25) is 9.59 Å². The number of benzene rings is 3. The van der Waals surface area contributed by atoms with E-state index in [0.29, 0.717) is 34.3 Å². The average molecular weight is 508 g/mol. The van der Waals surface area contributed by atoms with E-state index in [1.54, 1.807) is 66.7 Å². The zero-order chi connectivity index (χ0) is 23.5. The van der Waals surface area contributed by atoms with Gasteiger partial charge < -0.3 is 10.1 Å². The molecule has 33 heavy (non-hydrogen) atoms. The first-order chi connectivity index (χ1) is 16.0. The minimum Gasteiger partial charge on any atom is -0.423 e. The summed E-state index contributed by atoms with van der Waals surface area (Å²) in [7, 11) is 0. The minimum absolute atomic E-state index is 0.167. The molecular formula is C25H22BrN3O4. The van der Waals surface area contributed by atoms with Crippen LogP contribution >= 0.6 is 15.9 Å². The lowest BCUT2D eigenvalue weighted by Gasteiger charge is -2.06. The van der Waals surface area contributed by atoms with E-state index in [-0.39, 0.29) is 18.2 Å². The molecule has 3 rings (SSSR count). The number of carbonyl (C=O) groups is 3. The Hall–Kier alpha value is -3.78. The average Bonchev–Trinajstić information content (AvgIpc) is 2.83. The van der Waals surface area contributed by atoms with E-state index in [2.05, 4.69) is 31.8 Å². The van der Waals surface area contributed by atoms with Crippen LogP contribution in [-0.2, 0) is 4.79 Å². The van der Waals surface area contributed by atoms with Crippen LogP contribution in [0.1, 0.15) is 39.1 Å². The summed E-state index contributed by atoms with van der Waals surface area (Å²) >= 11 is 3.33. The molecule has 8 heteroatoms. The number of esters is 1. The van der Waals surface area contributed by atoms with Crippen LogP contribution in [0.3, 0.4) is 0 Å². The first kappa shape index (κ1) is 23.9. The van der Waals surface area contributed by atoms with Crippen molar-refractivity contribution < 1.29 is 19.1 Å². The summed E-state index contributed by atoms with van der Waals surface area (Å²) in [5, 5.41) is 6.70. The van der Waals surface area contributed by atoms with E-state index in [0.717, 1.165) is 5.56 Å². The molecule has 0 heterocycles. The van der Waals surface area contributed by atoms with Gasteiger partial charge in [0.05, 0.1) is 11.8 Å². The van der Waals surface area contributed by atoms with Crippen LogP contribution in [0.2, 0.25) is 0 Å². The van der Waals surface area contributed by atoms with Crippen molar-refractivity contribution in [2.45, 2.75) is 12.8 Å². The lowest BCUT2D eigenvalue weighted by atomic mass is 10.2. The van der Waals surface area contributed by atoms with Gasteiger partial charge in [-0.05, 0) is 76.4 Å². The highest BCUT2D eigenvalue weighted by atomic mass is 79.9. The normalized spacial score (nSPS) is 10.6. The maximum Gasteiger partial charge on any atom is 0.344 e. The molecule has 0 aliphatic rings. The van der Waals surface area contributed by atoms with Gasteiger partial charge in [-0.1, -0.05) is 30.3 Å². The molecule has 3 aromatic carbocycles. The van der Waals surface area contributed by atoms with Crippen molar-refractivity contribution in [3.8, 4) is 5.75 Å². The van der Waals surface area contributed by atoms with Crippen molar-refractivity contribution in [3.05, 3.63) is 100 Å². The van der Waals surface area contributed by atoms with Crippen LogP contribution in [0.5, 0.6) is 5.75 Å². The summed E-state index contributed by atoms with van der Waals surface area (Å²) in [5.74, 6) is -0.482. The zero-order valence-corrected chi connectivity index (χ0v) is 19.2. The number of halogens is 1. The van der Waals surface area contributed by atoms with Crippen LogP contribution in [0.25, 0.3) is 0 Å². The minimum atomic E-state index is -0.462. The van der Waals surface area contributed by atoms with Crippen LogP contribution in [0.15, 0.2) is 88.4 Å². The van der Waals surface area contributed by atoms with Gasteiger partial charge in [0.2, 0.25) is 5.91 Å². The third-order valence-electron chi connectivity index (χ3n) is 4.49. The second-order valence-electron chi connectivity index (χ2n) is 6.96. The standard InChI is InChI=1S/C25H22BrN3O4/c26-22-10-5-4-9-21(22)25(32)33-20-14-12-18(13-15-20)17-28-29-23(30)11-6-16-27-24(31)19-7-2-1-3-8-19/h1-5,7-10,12-15,17H,6,11,16H2,(H,27,31)(H,29,30). The van der Waals surface area contributed by atoms with Gasteiger partial charge in [0.25, 0.3) is 5.91 Å². The highest BCUT2D eigenvalue weighted by molar-refractivity contribution is 9.10. The van der Waals surface area contributed by atoms with Crippen molar-refractivity contribution in [1.82, 2.24) is 10.7 Å². The number of hydrogen-bond acceptors (Lipinski definition) is 5. The number of nitrogens with zero attached hydrogens (tertiary/aromatic N) is 1. The zero-order valence-electron chi connectivity index (χ0n) is 17.7. The number of carbonyl (C=O) groups excluding carboxylic acids is 3. The Labute approximate surface area is 200 Å². The number of hydrogen-bond donors (Lipinski definition) is 2. The third-order valence-corrected chi connectivity index (χ3v) is 5.18. The molecule has 0 radical (unpaired) electrons. The lowest BCUT2D eigenvalue weighted by Crippen LogP contribution is -2.26. The summed E-state index contributed by atoms with van der Waals surface area (Å²) < 4.78 is 6.03. The molecule has 0 aliphatic heterocycles. The molecule has 168 valence electrons. The lowest BCUT2D eigenvalue weighted by molar-refractivity contribution is -0.121. The smallest absolute Gasteiger partial charge is 0.344 e. The summed E-state index contributed by atoms with van der Waals surface area (Å²) in [4.78, 5) is 36.0. The second kappa shape index (κ2) is 12.3. The molecule has 0 unspecified atom stereocenters. The quantitative estimate of drug-likeness (QED) is 0.148. The molecule has 2 amide bonds. The number of ether oxygens (including phenoxy) is 1.